The van der Waals surface area contributed by atoms with Crippen LogP contribution in [0.4, 0.5) is 4.79 Å². The summed E-state index contributed by atoms with van der Waals surface area (Å²) >= 11 is 0. The second-order valence-corrected chi connectivity index (χ2v) is 4.61. The highest BCUT2D eigenvalue weighted by Crippen LogP contribution is 2.28. The minimum absolute atomic E-state index is 0.302. The van der Waals surface area contributed by atoms with Crippen LogP contribution in [-0.4, -0.2) is 30.7 Å². The van der Waals surface area contributed by atoms with Crippen molar-refractivity contribution in [2.75, 3.05) is 19.7 Å². The minimum Gasteiger partial charge on any atom is -0.489 e. The first-order valence-corrected chi connectivity index (χ1v) is 7.14. The van der Waals surface area contributed by atoms with Crippen LogP contribution in [0.1, 0.15) is 32.3 Å². The van der Waals surface area contributed by atoms with Gasteiger partial charge in [-0.15, -0.1) is 0 Å². The molecule has 0 unspecified atom stereocenters. The van der Waals surface area contributed by atoms with Gasteiger partial charge in [0, 0.05) is 25.1 Å². The fourth-order valence-electron chi connectivity index (χ4n) is 2.18. The zero-order chi connectivity index (χ0) is 14.4. The van der Waals surface area contributed by atoms with E-state index in [9.17, 15) is 4.79 Å². The summed E-state index contributed by atoms with van der Waals surface area (Å²) in [6.07, 6.45) is 1.30. The molecular weight excluding hydrogens is 254 g/mol. The Morgan fingerprint density at radius 3 is 2.60 bits per heavy atom. The van der Waals surface area contributed by atoms with Gasteiger partial charge in [0.15, 0.2) is 11.5 Å². The van der Waals surface area contributed by atoms with E-state index in [1.54, 1.807) is 4.90 Å². The van der Waals surface area contributed by atoms with E-state index in [4.69, 9.17) is 9.47 Å². The predicted octanol–water partition coefficient (Wildman–Crippen LogP) is 3.64. The van der Waals surface area contributed by atoms with Crippen molar-refractivity contribution in [2.45, 2.75) is 26.7 Å². The van der Waals surface area contributed by atoms with Crippen molar-refractivity contribution in [3.63, 3.8) is 0 Å². The SMILES string of the molecule is CCN(CC)C(=O)OC1=C(c2ccccc2)OCCC1. The maximum absolute atomic E-state index is 12.1. The molecule has 0 saturated heterocycles. The summed E-state index contributed by atoms with van der Waals surface area (Å²) in [5.74, 6) is 1.33. The highest BCUT2D eigenvalue weighted by molar-refractivity contribution is 5.72. The average molecular weight is 275 g/mol. The first-order chi connectivity index (χ1) is 9.76. The molecule has 1 aromatic rings. The molecule has 0 atom stereocenters. The van der Waals surface area contributed by atoms with Crippen LogP contribution < -0.4 is 0 Å². The lowest BCUT2D eigenvalue weighted by molar-refractivity contribution is 0.119. The third-order valence-electron chi connectivity index (χ3n) is 3.32. The molecule has 0 aromatic heterocycles. The smallest absolute Gasteiger partial charge is 0.415 e. The molecular formula is C16H21NO3. The van der Waals surface area contributed by atoms with E-state index in [-0.39, 0.29) is 6.09 Å². The number of benzene rings is 1. The van der Waals surface area contributed by atoms with Crippen molar-refractivity contribution in [1.82, 2.24) is 4.90 Å². The van der Waals surface area contributed by atoms with Crippen molar-refractivity contribution < 1.29 is 14.3 Å². The number of ether oxygens (including phenoxy) is 2. The van der Waals surface area contributed by atoms with Crippen molar-refractivity contribution in [3.05, 3.63) is 41.7 Å². The Balaban J connectivity index is 2.21. The van der Waals surface area contributed by atoms with Gasteiger partial charge >= 0.3 is 6.09 Å². The molecule has 0 spiro atoms. The van der Waals surface area contributed by atoms with Gasteiger partial charge in [-0.1, -0.05) is 30.3 Å². The van der Waals surface area contributed by atoms with Crippen LogP contribution in [0.15, 0.2) is 36.1 Å². The molecule has 0 radical (unpaired) electrons. The summed E-state index contributed by atoms with van der Waals surface area (Å²) in [5.41, 5.74) is 0.953. The van der Waals surface area contributed by atoms with Crippen LogP contribution in [0.25, 0.3) is 5.76 Å². The largest absolute Gasteiger partial charge is 0.489 e. The van der Waals surface area contributed by atoms with Crippen LogP contribution in [-0.2, 0) is 9.47 Å². The van der Waals surface area contributed by atoms with Gasteiger partial charge in [-0.05, 0) is 20.3 Å². The molecule has 0 N–H and O–H groups in total. The van der Waals surface area contributed by atoms with Gasteiger partial charge < -0.3 is 14.4 Å². The van der Waals surface area contributed by atoms with Crippen LogP contribution >= 0.6 is 0 Å². The Morgan fingerprint density at radius 2 is 1.95 bits per heavy atom. The van der Waals surface area contributed by atoms with E-state index in [1.165, 1.54) is 0 Å². The Bertz CT molecular complexity index is 478. The number of hydrogen-bond donors (Lipinski definition) is 0. The summed E-state index contributed by atoms with van der Waals surface area (Å²) in [5, 5.41) is 0. The maximum atomic E-state index is 12.1. The van der Waals surface area contributed by atoms with E-state index in [2.05, 4.69) is 0 Å². The van der Waals surface area contributed by atoms with Crippen molar-refractivity contribution in [2.24, 2.45) is 0 Å². The van der Waals surface area contributed by atoms with E-state index < -0.39 is 0 Å². The van der Waals surface area contributed by atoms with Gasteiger partial charge in [0.2, 0.25) is 0 Å². The van der Waals surface area contributed by atoms with Gasteiger partial charge in [-0.2, -0.15) is 0 Å². The van der Waals surface area contributed by atoms with Crippen molar-refractivity contribution in [3.8, 4) is 0 Å². The molecule has 1 amide bonds. The third-order valence-corrected chi connectivity index (χ3v) is 3.32. The zero-order valence-corrected chi connectivity index (χ0v) is 12.1. The maximum Gasteiger partial charge on any atom is 0.415 e. The number of allylic oxidation sites excluding steroid dienone is 1. The molecule has 1 aliphatic rings. The Labute approximate surface area is 120 Å². The number of amides is 1. The lowest BCUT2D eigenvalue weighted by Crippen LogP contribution is -2.31. The Morgan fingerprint density at radius 1 is 1.25 bits per heavy atom. The van der Waals surface area contributed by atoms with Crippen LogP contribution in [0.3, 0.4) is 0 Å². The van der Waals surface area contributed by atoms with Crippen LogP contribution in [0.5, 0.6) is 0 Å². The molecule has 4 heteroatoms. The molecule has 1 heterocycles. The summed E-state index contributed by atoms with van der Waals surface area (Å²) in [4.78, 5) is 13.7. The highest BCUT2D eigenvalue weighted by atomic mass is 16.6. The minimum atomic E-state index is -0.302. The van der Waals surface area contributed by atoms with E-state index in [0.29, 0.717) is 31.2 Å². The first kappa shape index (κ1) is 14.4. The second-order valence-electron chi connectivity index (χ2n) is 4.61. The molecule has 0 aliphatic carbocycles. The average Bonchev–Trinajstić information content (AvgIpc) is 2.50. The Hall–Kier alpha value is -1.97. The number of nitrogens with zero attached hydrogens (tertiary/aromatic N) is 1. The van der Waals surface area contributed by atoms with Gasteiger partial charge in [0.05, 0.1) is 6.61 Å². The third kappa shape index (κ3) is 3.32. The van der Waals surface area contributed by atoms with Gasteiger partial charge in [0.1, 0.15) is 0 Å². The van der Waals surface area contributed by atoms with Crippen LogP contribution in [0.2, 0.25) is 0 Å². The summed E-state index contributed by atoms with van der Waals surface area (Å²) in [6, 6.07) is 9.78. The van der Waals surface area contributed by atoms with E-state index >= 15 is 0 Å². The standard InChI is InChI=1S/C16H21NO3/c1-3-17(4-2)16(18)20-14-11-8-12-19-15(14)13-9-6-5-7-10-13/h5-7,9-10H,3-4,8,11-12H2,1-2H3. The number of hydrogen-bond acceptors (Lipinski definition) is 3. The van der Waals surface area contributed by atoms with E-state index in [0.717, 1.165) is 18.4 Å². The quantitative estimate of drug-likeness (QED) is 0.842. The molecule has 2 rings (SSSR count). The highest BCUT2D eigenvalue weighted by Gasteiger charge is 2.21. The molecule has 1 aromatic carbocycles. The fourth-order valence-corrected chi connectivity index (χ4v) is 2.18. The first-order valence-electron chi connectivity index (χ1n) is 7.14. The number of carbonyl (C=O) groups is 1. The molecule has 0 bridgehead atoms. The molecule has 4 nitrogen and oxygen atoms in total. The van der Waals surface area contributed by atoms with Gasteiger partial charge in [-0.25, -0.2) is 4.79 Å². The normalized spacial score (nSPS) is 14.7. The summed E-state index contributed by atoms with van der Waals surface area (Å²) in [7, 11) is 0. The van der Waals surface area contributed by atoms with E-state index in [1.807, 2.05) is 44.2 Å². The number of rotatable bonds is 4. The molecule has 1 aliphatic heterocycles. The van der Waals surface area contributed by atoms with Crippen LogP contribution in [0, 0.1) is 0 Å². The zero-order valence-electron chi connectivity index (χ0n) is 12.1. The predicted molar refractivity (Wildman–Crippen MR) is 78.0 cm³/mol. The Kier molecular flexibility index (Phi) is 5.04. The topological polar surface area (TPSA) is 38.8 Å². The molecule has 108 valence electrons. The molecule has 0 fully saturated rings. The fraction of sp³-hybridized carbons (Fsp3) is 0.438. The number of carbonyl (C=O) groups excluding carboxylic acids is 1. The summed E-state index contributed by atoms with van der Waals surface area (Å²) in [6.45, 7) is 5.83. The second kappa shape index (κ2) is 6.98. The lowest BCUT2D eigenvalue weighted by atomic mass is 10.1. The monoisotopic (exact) mass is 275 g/mol. The lowest BCUT2D eigenvalue weighted by Gasteiger charge is -2.24. The van der Waals surface area contributed by atoms with Gasteiger partial charge in [-0.3, -0.25) is 0 Å². The van der Waals surface area contributed by atoms with Crippen molar-refractivity contribution >= 4 is 11.9 Å². The van der Waals surface area contributed by atoms with Gasteiger partial charge in [0.25, 0.3) is 0 Å². The van der Waals surface area contributed by atoms with Crippen molar-refractivity contribution in [1.29, 1.82) is 0 Å². The molecule has 0 saturated carbocycles. The molecule has 20 heavy (non-hydrogen) atoms. The summed E-state index contributed by atoms with van der Waals surface area (Å²) < 4.78 is 11.3.